The van der Waals surface area contributed by atoms with Crippen LogP contribution in [0.1, 0.15) is 32.5 Å². The van der Waals surface area contributed by atoms with Gasteiger partial charge >= 0.3 is 5.97 Å². The Morgan fingerprint density at radius 3 is 2.79 bits per heavy atom. The second kappa shape index (κ2) is 5.87. The van der Waals surface area contributed by atoms with Crippen LogP contribution in [0, 0.1) is 5.92 Å². The molecule has 0 spiro atoms. The molecule has 0 atom stereocenters. The summed E-state index contributed by atoms with van der Waals surface area (Å²) >= 11 is 0. The number of rotatable bonds is 6. The van der Waals surface area contributed by atoms with Crippen molar-refractivity contribution in [2.24, 2.45) is 5.92 Å². The summed E-state index contributed by atoms with van der Waals surface area (Å²) in [4.78, 5) is 15.3. The molecule has 1 N–H and O–H groups in total. The molecule has 0 aliphatic carbocycles. The molecule has 0 aliphatic rings. The fourth-order valence-electron chi connectivity index (χ4n) is 2.28. The molecule has 0 saturated carbocycles. The topological polar surface area (TPSA) is 55.1 Å². The van der Waals surface area contributed by atoms with Crippen LogP contribution in [-0.4, -0.2) is 20.6 Å². The van der Waals surface area contributed by atoms with Crippen molar-refractivity contribution >= 4 is 17.0 Å². The van der Waals surface area contributed by atoms with Crippen molar-refractivity contribution < 1.29 is 9.90 Å². The highest BCUT2D eigenvalue weighted by Crippen LogP contribution is 2.19. The van der Waals surface area contributed by atoms with Gasteiger partial charge in [-0.15, -0.1) is 0 Å². The summed E-state index contributed by atoms with van der Waals surface area (Å²) in [7, 11) is 0. The van der Waals surface area contributed by atoms with Crippen LogP contribution in [0.2, 0.25) is 0 Å². The number of carboxylic acids is 1. The molecule has 0 unspecified atom stereocenters. The lowest BCUT2D eigenvalue weighted by Gasteiger charge is -2.10. The van der Waals surface area contributed by atoms with E-state index in [-0.39, 0.29) is 6.42 Å². The number of carbonyl (C=O) groups is 1. The molecule has 0 saturated heterocycles. The Morgan fingerprint density at radius 2 is 2.11 bits per heavy atom. The minimum Gasteiger partial charge on any atom is -0.481 e. The van der Waals surface area contributed by atoms with E-state index in [9.17, 15) is 4.79 Å². The van der Waals surface area contributed by atoms with Gasteiger partial charge in [0.15, 0.2) is 0 Å². The summed E-state index contributed by atoms with van der Waals surface area (Å²) in [5.74, 6) is 0.853. The number of aliphatic carboxylic acids is 1. The van der Waals surface area contributed by atoms with Crippen molar-refractivity contribution in [2.45, 2.75) is 39.7 Å². The van der Waals surface area contributed by atoms with Gasteiger partial charge in [-0.25, -0.2) is 4.98 Å². The number of para-hydroxylation sites is 2. The van der Waals surface area contributed by atoms with E-state index in [1.54, 1.807) is 0 Å². The lowest BCUT2D eigenvalue weighted by atomic mass is 10.1. The molecule has 1 aromatic heterocycles. The van der Waals surface area contributed by atoms with Crippen LogP contribution in [0.4, 0.5) is 0 Å². The van der Waals surface area contributed by atoms with E-state index in [0.717, 1.165) is 29.8 Å². The molecule has 19 heavy (non-hydrogen) atoms. The average Bonchev–Trinajstić information content (AvgIpc) is 2.66. The molecule has 0 radical (unpaired) electrons. The van der Waals surface area contributed by atoms with E-state index in [4.69, 9.17) is 5.11 Å². The van der Waals surface area contributed by atoms with Gasteiger partial charge in [0, 0.05) is 19.4 Å². The number of aryl methyl sites for hydroxylation is 1. The largest absolute Gasteiger partial charge is 0.481 e. The van der Waals surface area contributed by atoms with Crippen molar-refractivity contribution in [1.29, 1.82) is 0 Å². The molecule has 1 heterocycles. The predicted octanol–water partition coefficient (Wildman–Crippen LogP) is 3.10. The SMILES string of the molecule is CC(C)Cc1nc2ccccc2n1CCCC(=O)O. The first kappa shape index (κ1) is 13.6. The average molecular weight is 260 g/mol. The van der Waals surface area contributed by atoms with Gasteiger partial charge in [0.25, 0.3) is 0 Å². The standard InChI is InChI=1S/C15H20N2O2/c1-11(2)10-14-16-12-6-3-4-7-13(12)17(14)9-5-8-15(18)19/h3-4,6-7,11H,5,8-10H2,1-2H3,(H,18,19). The Morgan fingerprint density at radius 1 is 1.37 bits per heavy atom. The second-order valence-electron chi connectivity index (χ2n) is 5.26. The molecule has 1 aromatic carbocycles. The third kappa shape index (κ3) is 3.34. The highest BCUT2D eigenvalue weighted by molar-refractivity contribution is 5.76. The van der Waals surface area contributed by atoms with Crippen molar-refractivity contribution in [3.63, 3.8) is 0 Å². The summed E-state index contributed by atoms with van der Waals surface area (Å²) in [6.45, 7) is 5.05. The quantitative estimate of drug-likeness (QED) is 0.868. The minimum absolute atomic E-state index is 0.202. The first-order chi connectivity index (χ1) is 9.08. The molecule has 0 aliphatic heterocycles. The van der Waals surface area contributed by atoms with Crippen molar-refractivity contribution in [1.82, 2.24) is 9.55 Å². The molecule has 2 aromatic rings. The van der Waals surface area contributed by atoms with Gasteiger partial charge in [-0.2, -0.15) is 0 Å². The van der Waals surface area contributed by atoms with Crippen LogP contribution < -0.4 is 0 Å². The Kier molecular flexibility index (Phi) is 4.20. The van der Waals surface area contributed by atoms with Gasteiger partial charge in [-0.3, -0.25) is 4.79 Å². The highest BCUT2D eigenvalue weighted by atomic mass is 16.4. The summed E-state index contributed by atoms with van der Waals surface area (Å²) < 4.78 is 2.16. The van der Waals surface area contributed by atoms with Gasteiger partial charge in [-0.1, -0.05) is 26.0 Å². The van der Waals surface area contributed by atoms with Crippen LogP contribution in [0.25, 0.3) is 11.0 Å². The summed E-state index contributed by atoms with van der Waals surface area (Å²) in [5, 5.41) is 8.75. The molecule has 4 nitrogen and oxygen atoms in total. The summed E-state index contributed by atoms with van der Waals surface area (Å²) in [6, 6.07) is 8.03. The van der Waals surface area contributed by atoms with E-state index in [0.29, 0.717) is 12.3 Å². The first-order valence-electron chi connectivity index (χ1n) is 6.74. The van der Waals surface area contributed by atoms with E-state index in [2.05, 4.69) is 23.4 Å². The van der Waals surface area contributed by atoms with Crippen LogP contribution in [0.15, 0.2) is 24.3 Å². The Labute approximate surface area is 113 Å². The van der Waals surface area contributed by atoms with Gasteiger partial charge in [0.1, 0.15) is 5.82 Å². The predicted molar refractivity (Wildman–Crippen MR) is 75.1 cm³/mol. The number of hydrogen-bond acceptors (Lipinski definition) is 2. The first-order valence-corrected chi connectivity index (χ1v) is 6.74. The normalized spacial score (nSPS) is 11.3. The van der Waals surface area contributed by atoms with E-state index in [1.807, 2.05) is 24.3 Å². The number of nitrogens with zero attached hydrogens (tertiary/aromatic N) is 2. The fourth-order valence-corrected chi connectivity index (χ4v) is 2.28. The van der Waals surface area contributed by atoms with Crippen LogP contribution >= 0.6 is 0 Å². The Bertz CT molecular complexity index is 573. The molecule has 102 valence electrons. The zero-order valence-electron chi connectivity index (χ0n) is 11.5. The lowest BCUT2D eigenvalue weighted by Crippen LogP contribution is -2.08. The van der Waals surface area contributed by atoms with E-state index < -0.39 is 5.97 Å². The van der Waals surface area contributed by atoms with Gasteiger partial charge < -0.3 is 9.67 Å². The Balaban J connectivity index is 2.28. The number of fused-ring (bicyclic) bond motifs is 1. The number of benzene rings is 1. The van der Waals surface area contributed by atoms with Crippen molar-refractivity contribution in [3.8, 4) is 0 Å². The van der Waals surface area contributed by atoms with Crippen LogP contribution in [0.3, 0.4) is 0 Å². The zero-order valence-corrected chi connectivity index (χ0v) is 11.5. The monoisotopic (exact) mass is 260 g/mol. The fraction of sp³-hybridized carbons (Fsp3) is 0.467. The highest BCUT2D eigenvalue weighted by Gasteiger charge is 2.11. The van der Waals surface area contributed by atoms with Gasteiger partial charge in [0.05, 0.1) is 11.0 Å². The van der Waals surface area contributed by atoms with Crippen LogP contribution in [0.5, 0.6) is 0 Å². The molecule has 0 amide bonds. The molecule has 2 rings (SSSR count). The number of aromatic nitrogens is 2. The number of hydrogen-bond donors (Lipinski definition) is 1. The third-order valence-electron chi connectivity index (χ3n) is 3.10. The van der Waals surface area contributed by atoms with E-state index in [1.165, 1.54) is 0 Å². The van der Waals surface area contributed by atoms with Crippen LogP contribution in [-0.2, 0) is 17.8 Å². The van der Waals surface area contributed by atoms with Crippen molar-refractivity contribution in [3.05, 3.63) is 30.1 Å². The van der Waals surface area contributed by atoms with E-state index >= 15 is 0 Å². The number of carboxylic acid groups (broad SMARTS) is 1. The maximum absolute atomic E-state index is 10.6. The third-order valence-corrected chi connectivity index (χ3v) is 3.10. The van der Waals surface area contributed by atoms with Gasteiger partial charge in [-0.05, 0) is 24.5 Å². The molecule has 0 fully saturated rings. The van der Waals surface area contributed by atoms with Crippen molar-refractivity contribution in [2.75, 3.05) is 0 Å². The van der Waals surface area contributed by atoms with Gasteiger partial charge in [0.2, 0.25) is 0 Å². The smallest absolute Gasteiger partial charge is 0.303 e. The lowest BCUT2D eigenvalue weighted by molar-refractivity contribution is -0.137. The molecular formula is C15H20N2O2. The molecule has 4 heteroatoms. The minimum atomic E-state index is -0.741. The second-order valence-corrected chi connectivity index (χ2v) is 5.26. The molecular weight excluding hydrogens is 240 g/mol. The maximum Gasteiger partial charge on any atom is 0.303 e. The number of imidazole rings is 1. The molecule has 0 bridgehead atoms. The summed E-state index contributed by atoms with van der Waals surface area (Å²) in [6.07, 6.45) is 1.76. The summed E-state index contributed by atoms with van der Waals surface area (Å²) in [5.41, 5.74) is 2.09. The Hall–Kier alpha value is -1.84. The zero-order chi connectivity index (χ0) is 13.8. The maximum atomic E-state index is 10.6.